The van der Waals surface area contributed by atoms with Crippen LogP contribution in [-0.4, -0.2) is 49.4 Å². The Morgan fingerprint density at radius 2 is 1.96 bits per heavy atom. The van der Waals surface area contributed by atoms with Gasteiger partial charge in [-0.25, -0.2) is 4.52 Å². The van der Waals surface area contributed by atoms with Gasteiger partial charge < -0.3 is 9.88 Å². The third-order valence-corrected chi connectivity index (χ3v) is 5.70. The highest BCUT2D eigenvalue weighted by Crippen LogP contribution is 2.33. The van der Waals surface area contributed by atoms with Gasteiger partial charge in [-0.15, -0.1) is 0 Å². The van der Waals surface area contributed by atoms with Gasteiger partial charge in [0.05, 0.1) is 22.3 Å². The van der Waals surface area contributed by atoms with E-state index in [2.05, 4.69) is 28.1 Å². The van der Waals surface area contributed by atoms with Crippen LogP contribution in [0.5, 0.6) is 0 Å². The third kappa shape index (κ3) is 2.57. The number of aromatic amines is 1. The molecule has 0 amide bonds. The smallest absolute Gasteiger partial charge is 0.251 e. The molecule has 0 atom stereocenters. The van der Waals surface area contributed by atoms with Crippen molar-refractivity contribution in [3.63, 3.8) is 0 Å². The van der Waals surface area contributed by atoms with E-state index in [1.54, 1.807) is 12.3 Å². The molecule has 1 N–H and O–H groups in total. The van der Waals surface area contributed by atoms with Crippen molar-refractivity contribution in [3.8, 4) is 11.3 Å². The molecule has 3 aromatic heterocycles. The van der Waals surface area contributed by atoms with Gasteiger partial charge in [0.25, 0.3) is 5.56 Å². The summed E-state index contributed by atoms with van der Waals surface area (Å²) >= 11 is 0. The second kappa shape index (κ2) is 6.06. The van der Waals surface area contributed by atoms with Crippen molar-refractivity contribution in [2.75, 3.05) is 20.1 Å². The maximum atomic E-state index is 12.5. The van der Waals surface area contributed by atoms with Gasteiger partial charge in [0.1, 0.15) is 5.65 Å². The summed E-state index contributed by atoms with van der Waals surface area (Å²) in [5.74, 6) is 0.348. The summed E-state index contributed by atoms with van der Waals surface area (Å²) < 4.78 is 3.79. The summed E-state index contributed by atoms with van der Waals surface area (Å²) in [6.07, 6.45) is 3.87. The molecule has 0 spiro atoms. The summed E-state index contributed by atoms with van der Waals surface area (Å²) in [6, 6.07) is 9.76. The standard InChI is InChI=1S/C20H22N6O/c1-24-10-7-13(8-11-24)17-12-18(27)22-20-19-14(16-6-9-21-25(16)2)4-3-5-15(19)23-26(17)20/h3-6,9,12-13H,7-8,10-11H2,1-2H3,(H,22,27). The second-order valence-electron chi connectivity index (χ2n) is 7.44. The van der Waals surface area contributed by atoms with Crippen LogP contribution in [0.1, 0.15) is 24.5 Å². The van der Waals surface area contributed by atoms with E-state index in [9.17, 15) is 4.79 Å². The lowest BCUT2D eigenvalue weighted by atomic mass is 9.93. The molecule has 138 valence electrons. The molecular weight excluding hydrogens is 340 g/mol. The molecule has 1 aromatic carbocycles. The molecule has 1 saturated heterocycles. The van der Waals surface area contributed by atoms with Crippen LogP contribution in [0.2, 0.25) is 0 Å². The monoisotopic (exact) mass is 362 g/mol. The van der Waals surface area contributed by atoms with E-state index in [4.69, 9.17) is 5.10 Å². The van der Waals surface area contributed by atoms with Gasteiger partial charge in [-0.05, 0) is 45.1 Å². The summed E-state index contributed by atoms with van der Waals surface area (Å²) in [4.78, 5) is 17.9. The van der Waals surface area contributed by atoms with Crippen molar-refractivity contribution in [1.82, 2.24) is 29.3 Å². The number of piperidine rings is 1. The number of nitrogens with one attached hydrogen (secondary N) is 1. The fraction of sp³-hybridized carbons (Fsp3) is 0.350. The molecule has 1 fully saturated rings. The maximum absolute atomic E-state index is 12.5. The number of aryl methyl sites for hydroxylation is 1. The van der Waals surface area contributed by atoms with Crippen molar-refractivity contribution in [3.05, 3.63) is 52.6 Å². The normalized spacial score (nSPS) is 16.5. The number of nitrogens with zero attached hydrogens (tertiary/aromatic N) is 5. The minimum absolute atomic E-state index is 0.0713. The van der Waals surface area contributed by atoms with Crippen LogP contribution < -0.4 is 5.56 Å². The van der Waals surface area contributed by atoms with Crippen LogP contribution >= 0.6 is 0 Å². The molecule has 7 nitrogen and oxygen atoms in total. The molecule has 0 aliphatic carbocycles. The first-order valence-electron chi connectivity index (χ1n) is 9.33. The average molecular weight is 362 g/mol. The molecule has 5 rings (SSSR count). The highest BCUT2D eigenvalue weighted by molar-refractivity contribution is 6.03. The van der Waals surface area contributed by atoms with Crippen LogP contribution in [0, 0.1) is 0 Å². The van der Waals surface area contributed by atoms with E-state index < -0.39 is 0 Å². The Hall–Kier alpha value is -2.93. The topological polar surface area (TPSA) is 71.2 Å². The second-order valence-corrected chi connectivity index (χ2v) is 7.44. The van der Waals surface area contributed by atoms with Crippen molar-refractivity contribution in [1.29, 1.82) is 0 Å². The number of hydrogen-bond acceptors (Lipinski definition) is 4. The van der Waals surface area contributed by atoms with Crippen molar-refractivity contribution < 1.29 is 0 Å². The quantitative estimate of drug-likeness (QED) is 0.594. The Bertz CT molecular complexity index is 1190. The fourth-order valence-electron chi connectivity index (χ4n) is 4.23. The predicted molar refractivity (Wildman–Crippen MR) is 105 cm³/mol. The van der Waals surface area contributed by atoms with Gasteiger partial charge >= 0.3 is 0 Å². The van der Waals surface area contributed by atoms with Crippen LogP contribution in [0.4, 0.5) is 0 Å². The molecule has 0 bridgehead atoms. The number of H-pyrrole nitrogens is 1. The third-order valence-electron chi connectivity index (χ3n) is 5.70. The zero-order valence-electron chi connectivity index (χ0n) is 15.5. The molecule has 7 heteroatoms. The van der Waals surface area contributed by atoms with Crippen LogP contribution in [0.15, 0.2) is 41.3 Å². The van der Waals surface area contributed by atoms with E-state index in [0.717, 1.165) is 59.4 Å². The predicted octanol–water partition coefficient (Wildman–Crippen LogP) is 2.39. The van der Waals surface area contributed by atoms with E-state index in [0.29, 0.717) is 5.92 Å². The summed E-state index contributed by atoms with van der Waals surface area (Å²) in [7, 11) is 4.07. The van der Waals surface area contributed by atoms with Gasteiger partial charge in [-0.3, -0.25) is 9.48 Å². The lowest BCUT2D eigenvalue weighted by Crippen LogP contribution is -2.30. The Morgan fingerprint density at radius 3 is 2.70 bits per heavy atom. The van der Waals surface area contributed by atoms with Gasteiger partial charge in [0, 0.05) is 30.8 Å². The largest absolute Gasteiger partial charge is 0.306 e. The van der Waals surface area contributed by atoms with E-state index in [-0.39, 0.29) is 5.56 Å². The Morgan fingerprint density at radius 1 is 1.15 bits per heavy atom. The summed E-state index contributed by atoms with van der Waals surface area (Å²) in [5.41, 5.74) is 4.61. The number of rotatable bonds is 2. The number of fused-ring (bicyclic) bond motifs is 3. The molecule has 0 radical (unpaired) electrons. The number of aromatic nitrogens is 5. The SMILES string of the molecule is CN1CCC(c2cc(=O)[nH]c3c4c(-c5ccnn5C)cccc4nn23)CC1. The average Bonchev–Trinajstić information content (AvgIpc) is 3.25. The van der Waals surface area contributed by atoms with Gasteiger partial charge in [0.15, 0.2) is 0 Å². The van der Waals surface area contributed by atoms with Crippen molar-refractivity contribution >= 4 is 16.6 Å². The molecule has 1 aliphatic rings. The van der Waals surface area contributed by atoms with Crippen molar-refractivity contribution in [2.45, 2.75) is 18.8 Å². The highest BCUT2D eigenvalue weighted by atomic mass is 16.1. The van der Waals surface area contributed by atoms with Crippen LogP contribution in [-0.2, 0) is 7.05 Å². The number of benzene rings is 1. The lowest BCUT2D eigenvalue weighted by Gasteiger charge is -2.29. The molecular formula is C20H22N6O. The highest BCUT2D eigenvalue weighted by Gasteiger charge is 2.23. The number of likely N-dealkylation sites (tertiary alicyclic amines) is 1. The van der Waals surface area contributed by atoms with Gasteiger partial charge in [-0.2, -0.15) is 10.2 Å². The van der Waals surface area contributed by atoms with Crippen LogP contribution in [0.3, 0.4) is 0 Å². The molecule has 1 aliphatic heterocycles. The van der Waals surface area contributed by atoms with E-state index in [1.807, 2.05) is 34.4 Å². The fourth-order valence-corrected chi connectivity index (χ4v) is 4.23. The summed E-state index contributed by atoms with van der Waals surface area (Å²) in [5, 5.41) is 10.1. The first-order chi connectivity index (χ1) is 13.1. The van der Waals surface area contributed by atoms with Gasteiger partial charge in [-0.1, -0.05) is 12.1 Å². The Kier molecular flexibility index (Phi) is 3.65. The first kappa shape index (κ1) is 16.3. The number of hydrogen-bond donors (Lipinski definition) is 1. The molecule has 0 unspecified atom stereocenters. The molecule has 4 heterocycles. The Balaban J connectivity index is 1.78. The zero-order chi connectivity index (χ0) is 18.5. The minimum atomic E-state index is -0.0713. The van der Waals surface area contributed by atoms with Crippen molar-refractivity contribution in [2.24, 2.45) is 7.05 Å². The zero-order valence-corrected chi connectivity index (χ0v) is 15.5. The van der Waals surface area contributed by atoms with E-state index in [1.165, 1.54) is 0 Å². The van der Waals surface area contributed by atoms with Crippen LogP contribution in [0.25, 0.3) is 27.8 Å². The molecule has 4 aromatic rings. The first-order valence-corrected chi connectivity index (χ1v) is 9.33. The van der Waals surface area contributed by atoms with E-state index >= 15 is 0 Å². The molecule has 0 saturated carbocycles. The Labute approximate surface area is 156 Å². The lowest BCUT2D eigenvalue weighted by molar-refractivity contribution is 0.252. The minimum Gasteiger partial charge on any atom is -0.306 e. The maximum Gasteiger partial charge on any atom is 0.251 e. The summed E-state index contributed by atoms with van der Waals surface area (Å²) in [6.45, 7) is 2.08. The molecule has 27 heavy (non-hydrogen) atoms. The van der Waals surface area contributed by atoms with Gasteiger partial charge in [0.2, 0.25) is 0 Å².